The number of carbonyl (C=O) groups excluding carboxylic acids is 1. The lowest BCUT2D eigenvalue weighted by Gasteiger charge is -2.36. The van der Waals surface area contributed by atoms with E-state index in [2.05, 4.69) is 5.32 Å². The van der Waals surface area contributed by atoms with Crippen LogP contribution >= 0.6 is 0 Å². The van der Waals surface area contributed by atoms with Gasteiger partial charge in [0.05, 0.1) is 25.5 Å². The fourth-order valence-corrected chi connectivity index (χ4v) is 2.74. The number of hydrogen-bond donors (Lipinski definition) is 1. The van der Waals surface area contributed by atoms with Crippen molar-refractivity contribution in [3.8, 4) is 11.5 Å². The third-order valence-corrected chi connectivity index (χ3v) is 4.01. The number of fused-ring (bicyclic) bond motifs is 1. The fourth-order valence-electron chi connectivity index (χ4n) is 2.74. The fraction of sp³-hybridized carbons (Fsp3) is 0.235. The lowest BCUT2D eigenvalue weighted by Crippen LogP contribution is -2.40. The molecule has 1 heterocycles. The molecule has 0 fully saturated rings. The molecule has 1 N–H and O–H groups in total. The molecule has 1 atom stereocenters. The van der Waals surface area contributed by atoms with E-state index in [4.69, 9.17) is 9.47 Å². The van der Waals surface area contributed by atoms with Crippen LogP contribution in [0.4, 0.5) is 14.5 Å². The first-order valence-corrected chi connectivity index (χ1v) is 7.21. The normalized spacial score (nSPS) is 16.5. The summed E-state index contributed by atoms with van der Waals surface area (Å²) in [5.74, 6) is -0.840. The summed E-state index contributed by atoms with van der Waals surface area (Å²) in [6.07, 6.45) is -0.760. The van der Waals surface area contributed by atoms with Crippen molar-refractivity contribution < 1.29 is 23.0 Å². The van der Waals surface area contributed by atoms with Gasteiger partial charge in [-0.05, 0) is 18.2 Å². The highest BCUT2D eigenvalue weighted by Gasteiger charge is 2.33. The second kappa shape index (κ2) is 5.99. The number of rotatable bonds is 3. The molecule has 126 valence electrons. The number of hydrogen-bond acceptors (Lipinski definition) is 4. The van der Waals surface area contributed by atoms with Gasteiger partial charge in [-0.2, -0.15) is 0 Å². The average molecular weight is 334 g/mol. The number of halogens is 2. The van der Waals surface area contributed by atoms with Crippen LogP contribution < -0.4 is 14.8 Å². The van der Waals surface area contributed by atoms with Gasteiger partial charge < -0.3 is 19.7 Å². The summed E-state index contributed by atoms with van der Waals surface area (Å²) in [5.41, 5.74) is 1.05. The second-order valence-corrected chi connectivity index (χ2v) is 5.38. The van der Waals surface area contributed by atoms with Crippen molar-refractivity contribution in [1.82, 2.24) is 4.90 Å². The molecule has 24 heavy (non-hydrogen) atoms. The molecule has 0 aromatic heterocycles. The number of ether oxygens (including phenoxy) is 2. The zero-order valence-electron chi connectivity index (χ0n) is 13.4. The molecular weight excluding hydrogens is 318 g/mol. The van der Waals surface area contributed by atoms with Gasteiger partial charge in [0.2, 0.25) is 0 Å². The van der Waals surface area contributed by atoms with E-state index in [1.54, 1.807) is 19.2 Å². The zero-order valence-corrected chi connectivity index (χ0v) is 13.4. The maximum Gasteiger partial charge on any atom is 0.257 e. The van der Waals surface area contributed by atoms with Gasteiger partial charge in [0.15, 0.2) is 11.5 Å². The highest BCUT2D eigenvalue weighted by atomic mass is 19.1. The van der Waals surface area contributed by atoms with Crippen molar-refractivity contribution in [1.29, 1.82) is 0 Å². The Bertz CT molecular complexity index is 811. The molecule has 1 amide bonds. The van der Waals surface area contributed by atoms with E-state index in [-0.39, 0.29) is 11.5 Å². The van der Waals surface area contributed by atoms with Gasteiger partial charge >= 0.3 is 0 Å². The SMILES string of the molecule is COc1cc2c(cc1OC)C(=O)N(C)[C@@H](c1ccc(F)cc1F)N2. The van der Waals surface area contributed by atoms with Gasteiger partial charge in [0, 0.05) is 24.7 Å². The van der Waals surface area contributed by atoms with Gasteiger partial charge in [0.1, 0.15) is 17.8 Å². The van der Waals surface area contributed by atoms with E-state index in [1.165, 1.54) is 25.2 Å². The Labute approximate surface area is 137 Å². The number of anilines is 1. The van der Waals surface area contributed by atoms with Crippen LogP contribution in [-0.2, 0) is 0 Å². The maximum absolute atomic E-state index is 14.1. The van der Waals surface area contributed by atoms with Gasteiger partial charge in [0.25, 0.3) is 5.91 Å². The molecule has 2 aromatic rings. The zero-order chi connectivity index (χ0) is 17.4. The van der Waals surface area contributed by atoms with Crippen molar-refractivity contribution in [3.05, 3.63) is 53.1 Å². The minimum Gasteiger partial charge on any atom is -0.493 e. The third kappa shape index (κ3) is 2.51. The second-order valence-electron chi connectivity index (χ2n) is 5.38. The van der Waals surface area contributed by atoms with Crippen LogP contribution in [0.15, 0.2) is 30.3 Å². The molecule has 0 bridgehead atoms. The Morgan fingerprint density at radius 1 is 1.08 bits per heavy atom. The van der Waals surface area contributed by atoms with E-state index in [1.807, 2.05) is 0 Å². The van der Waals surface area contributed by atoms with E-state index in [0.29, 0.717) is 22.7 Å². The molecule has 5 nitrogen and oxygen atoms in total. The minimum atomic E-state index is -0.760. The predicted molar refractivity (Wildman–Crippen MR) is 84.4 cm³/mol. The van der Waals surface area contributed by atoms with Crippen LogP contribution in [0.2, 0.25) is 0 Å². The highest BCUT2D eigenvalue weighted by molar-refractivity contribution is 6.02. The molecule has 1 aliphatic rings. The van der Waals surface area contributed by atoms with E-state index >= 15 is 0 Å². The monoisotopic (exact) mass is 334 g/mol. The van der Waals surface area contributed by atoms with Gasteiger partial charge in [-0.3, -0.25) is 4.79 Å². The van der Waals surface area contributed by atoms with E-state index < -0.39 is 17.8 Å². The molecule has 2 aromatic carbocycles. The minimum absolute atomic E-state index is 0.174. The Hall–Kier alpha value is -2.83. The van der Waals surface area contributed by atoms with Gasteiger partial charge in [-0.15, -0.1) is 0 Å². The summed E-state index contributed by atoms with van der Waals surface area (Å²) in [7, 11) is 4.51. The van der Waals surface area contributed by atoms with Crippen LogP contribution in [0.3, 0.4) is 0 Å². The Kier molecular flexibility index (Phi) is 4.01. The lowest BCUT2D eigenvalue weighted by atomic mass is 10.0. The van der Waals surface area contributed by atoms with Crippen molar-refractivity contribution in [2.75, 3.05) is 26.6 Å². The average Bonchev–Trinajstić information content (AvgIpc) is 2.57. The Morgan fingerprint density at radius 3 is 2.38 bits per heavy atom. The first kappa shape index (κ1) is 16.0. The topological polar surface area (TPSA) is 50.8 Å². The first-order valence-electron chi connectivity index (χ1n) is 7.21. The third-order valence-electron chi connectivity index (χ3n) is 4.01. The quantitative estimate of drug-likeness (QED) is 0.937. The van der Waals surface area contributed by atoms with E-state index in [9.17, 15) is 13.6 Å². The van der Waals surface area contributed by atoms with Crippen LogP contribution in [0, 0.1) is 11.6 Å². The number of methoxy groups -OCH3 is 2. The van der Waals surface area contributed by atoms with Crippen molar-refractivity contribution in [3.63, 3.8) is 0 Å². The standard InChI is InChI=1S/C17H16F2N2O3/c1-21-16(10-5-4-9(18)6-12(10)19)20-13-8-15(24-3)14(23-2)7-11(13)17(21)22/h4-8,16,20H,1-3H3/t16-/m0/s1. The lowest BCUT2D eigenvalue weighted by molar-refractivity contribution is 0.0732. The maximum atomic E-state index is 14.1. The number of nitrogens with zero attached hydrogens (tertiary/aromatic N) is 1. The molecule has 7 heteroatoms. The summed E-state index contributed by atoms with van der Waals surface area (Å²) in [4.78, 5) is 14.0. The molecule has 0 saturated carbocycles. The molecule has 0 aliphatic carbocycles. The molecule has 0 radical (unpaired) electrons. The van der Waals surface area contributed by atoms with Crippen molar-refractivity contribution in [2.45, 2.75) is 6.17 Å². The van der Waals surface area contributed by atoms with Crippen LogP contribution in [0.5, 0.6) is 11.5 Å². The largest absolute Gasteiger partial charge is 0.493 e. The summed E-state index contributed by atoms with van der Waals surface area (Å²) < 4.78 is 37.7. The van der Waals surface area contributed by atoms with Crippen molar-refractivity contribution in [2.24, 2.45) is 0 Å². The highest BCUT2D eigenvalue weighted by Crippen LogP contribution is 2.39. The molecule has 0 saturated heterocycles. The Balaban J connectivity index is 2.08. The summed E-state index contributed by atoms with van der Waals surface area (Å²) in [6, 6.07) is 6.45. The molecule has 1 aliphatic heterocycles. The number of carbonyl (C=O) groups is 1. The number of benzene rings is 2. The van der Waals surface area contributed by atoms with Crippen molar-refractivity contribution >= 4 is 11.6 Å². The van der Waals surface area contributed by atoms with Crippen LogP contribution in [0.25, 0.3) is 0 Å². The summed E-state index contributed by atoms with van der Waals surface area (Å²) in [5, 5.41) is 3.09. The predicted octanol–water partition coefficient (Wildman–Crippen LogP) is 3.18. The van der Waals surface area contributed by atoms with Gasteiger partial charge in [-0.1, -0.05) is 0 Å². The number of nitrogens with one attached hydrogen (secondary N) is 1. The van der Waals surface area contributed by atoms with Crippen LogP contribution in [-0.4, -0.2) is 32.1 Å². The number of amides is 1. The smallest absolute Gasteiger partial charge is 0.257 e. The summed E-state index contributed by atoms with van der Waals surface area (Å²) in [6.45, 7) is 0. The Morgan fingerprint density at radius 2 is 1.75 bits per heavy atom. The molecular formula is C17H16F2N2O3. The molecule has 0 spiro atoms. The molecule has 0 unspecified atom stereocenters. The van der Waals surface area contributed by atoms with Gasteiger partial charge in [-0.25, -0.2) is 8.78 Å². The molecule has 3 rings (SSSR count). The van der Waals surface area contributed by atoms with E-state index in [0.717, 1.165) is 12.1 Å². The first-order chi connectivity index (χ1) is 11.5. The summed E-state index contributed by atoms with van der Waals surface area (Å²) >= 11 is 0. The van der Waals surface area contributed by atoms with Crippen LogP contribution in [0.1, 0.15) is 22.1 Å².